The Balaban J connectivity index is 1.93. The molecule has 0 aliphatic rings. The predicted octanol–water partition coefficient (Wildman–Crippen LogP) is 1.53. The van der Waals surface area contributed by atoms with Crippen molar-refractivity contribution in [1.29, 1.82) is 0 Å². The topological polar surface area (TPSA) is 64.0 Å². The van der Waals surface area contributed by atoms with Gasteiger partial charge in [-0.25, -0.2) is 21.9 Å². The third-order valence-corrected chi connectivity index (χ3v) is 4.09. The molecule has 8 heteroatoms. The normalized spacial score (nSPS) is 11.7. The molecule has 2 aromatic rings. The molecular formula is C12H13F2N3O2S. The van der Waals surface area contributed by atoms with Crippen LogP contribution in [0.4, 0.5) is 8.78 Å². The number of nitrogens with one attached hydrogen (secondary N) is 1. The summed E-state index contributed by atoms with van der Waals surface area (Å²) in [6, 6.07) is 4.11. The molecule has 0 unspecified atom stereocenters. The van der Waals surface area contributed by atoms with Crippen LogP contribution in [-0.4, -0.2) is 24.7 Å². The van der Waals surface area contributed by atoms with Gasteiger partial charge in [0.15, 0.2) is 0 Å². The van der Waals surface area contributed by atoms with Crippen LogP contribution in [0.15, 0.2) is 41.6 Å². The first-order valence-electron chi connectivity index (χ1n) is 5.91. The molecule has 1 aromatic heterocycles. The zero-order chi connectivity index (χ0) is 14.6. The first-order valence-corrected chi connectivity index (χ1v) is 7.39. The second kappa shape index (κ2) is 6.10. The molecule has 0 spiro atoms. The average molecular weight is 301 g/mol. The first kappa shape index (κ1) is 14.6. The molecule has 0 fully saturated rings. The Hall–Kier alpha value is -1.80. The van der Waals surface area contributed by atoms with Gasteiger partial charge >= 0.3 is 0 Å². The third-order valence-electron chi connectivity index (χ3n) is 2.60. The van der Waals surface area contributed by atoms with Crippen LogP contribution >= 0.6 is 0 Å². The monoisotopic (exact) mass is 301 g/mol. The van der Waals surface area contributed by atoms with E-state index in [4.69, 9.17) is 0 Å². The molecule has 2 rings (SSSR count). The second-order valence-electron chi connectivity index (χ2n) is 4.10. The fourth-order valence-electron chi connectivity index (χ4n) is 1.65. The molecule has 0 aliphatic heterocycles. The SMILES string of the molecule is O=S(=O)(NCCCn1cccn1)c1ccc(F)cc1F. The second-order valence-corrected chi connectivity index (χ2v) is 5.83. The van der Waals surface area contributed by atoms with E-state index in [0.29, 0.717) is 19.0 Å². The first-order chi connectivity index (χ1) is 9.49. The van der Waals surface area contributed by atoms with Gasteiger partial charge in [-0.2, -0.15) is 5.10 Å². The minimum absolute atomic E-state index is 0.138. The van der Waals surface area contributed by atoms with Gasteiger partial charge in [-0.15, -0.1) is 0 Å². The fraction of sp³-hybridized carbons (Fsp3) is 0.250. The van der Waals surface area contributed by atoms with Gasteiger partial charge in [-0.1, -0.05) is 0 Å². The zero-order valence-corrected chi connectivity index (χ0v) is 11.3. The van der Waals surface area contributed by atoms with Gasteiger partial charge in [0.05, 0.1) is 0 Å². The molecule has 0 saturated carbocycles. The van der Waals surface area contributed by atoms with Crippen molar-refractivity contribution in [1.82, 2.24) is 14.5 Å². The predicted molar refractivity (Wildman–Crippen MR) is 68.4 cm³/mol. The van der Waals surface area contributed by atoms with Crippen molar-refractivity contribution in [2.75, 3.05) is 6.54 Å². The summed E-state index contributed by atoms with van der Waals surface area (Å²) in [5, 5.41) is 3.97. The lowest BCUT2D eigenvalue weighted by Crippen LogP contribution is -2.26. The lowest BCUT2D eigenvalue weighted by molar-refractivity contribution is 0.534. The summed E-state index contributed by atoms with van der Waals surface area (Å²) in [6.07, 6.45) is 3.88. The van der Waals surface area contributed by atoms with Crippen molar-refractivity contribution in [3.63, 3.8) is 0 Å². The van der Waals surface area contributed by atoms with Crippen LogP contribution in [0.25, 0.3) is 0 Å². The average Bonchev–Trinajstić information content (AvgIpc) is 2.87. The Labute approximate surface area is 115 Å². The standard InChI is InChI=1S/C12H13F2N3O2S/c13-10-3-4-12(11(14)9-10)20(18,19)16-6-2-8-17-7-1-5-15-17/h1,3-5,7,9,16H,2,6,8H2. The molecule has 0 saturated heterocycles. The minimum Gasteiger partial charge on any atom is -0.273 e. The lowest BCUT2D eigenvalue weighted by Gasteiger charge is -2.07. The molecular weight excluding hydrogens is 288 g/mol. The van der Waals surface area contributed by atoms with Crippen molar-refractivity contribution < 1.29 is 17.2 Å². The molecule has 0 bridgehead atoms. The van der Waals surface area contributed by atoms with E-state index in [0.717, 1.165) is 12.1 Å². The zero-order valence-electron chi connectivity index (χ0n) is 10.5. The number of rotatable bonds is 6. The summed E-state index contributed by atoms with van der Waals surface area (Å²) < 4.78 is 53.7. The summed E-state index contributed by atoms with van der Waals surface area (Å²) in [6.45, 7) is 0.681. The quantitative estimate of drug-likeness (QED) is 0.823. The van der Waals surface area contributed by atoms with Crippen molar-refractivity contribution in [2.45, 2.75) is 17.9 Å². The molecule has 5 nitrogen and oxygen atoms in total. The fourth-order valence-corrected chi connectivity index (χ4v) is 2.78. The van der Waals surface area contributed by atoms with Gasteiger partial charge in [0.2, 0.25) is 10.0 Å². The van der Waals surface area contributed by atoms with Gasteiger partial charge in [0, 0.05) is 31.5 Å². The van der Waals surface area contributed by atoms with Crippen LogP contribution in [0.5, 0.6) is 0 Å². The van der Waals surface area contributed by atoms with E-state index in [1.54, 1.807) is 23.1 Å². The van der Waals surface area contributed by atoms with E-state index < -0.39 is 26.6 Å². The maximum Gasteiger partial charge on any atom is 0.243 e. The van der Waals surface area contributed by atoms with Crippen LogP contribution in [0.3, 0.4) is 0 Å². The Morgan fingerprint density at radius 3 is 2.75 bits per heavy atom. The summed E-state index contributed by atoms with van der Waals surface area (Å²) in [5.74, 6) is -1.93. The summed E-state index contributed by atoms with van der Waals surface area (Å²) in [7, 11) is -3.97. The number of hydrogen-bond acceptors (Lipinski definition) is 3. The van der Waals surface area contributed by atoms with E-state index in [9.17, 15) is 17.2 Å². The van der Waals surface area contributed by atoms with Gasteiger partial charge in [0.1, 0.15) is 16.5 Å². The van der Waals surface area contributed by atoms with Crippen molar-refractivity contribution in [3.05, 3.63) is 48.3 Å². The Morgan fingerprint density at radius 1 is 1.30 bits per heavy atom. The molecule has 0 amide bonds. The number of aryl methyl sites for hydroxylation is 1. The van der Waals surface area contributed by atoms with E-state index in [2.05, 4.69) is 9.82 Å². The highest BCUT2D eigenvalue weighted by Crippen LogP contribution is 2.15. The highest BCUT2D eigenvalue weighted by Gasteiger charge is 2.18. The maximum absolute atomic E-state index is 13.4. The van der Waals surface area contributed by atoms with E-state index in [1.165, 1.54) is 0 Å². The van der Waals surface area contributed by atoms with Crippen molar-refractivity contribution >= 4 is 10.0 Å². The maximum atomic E-state index is 13.4. The number of sulfonamides is 1. The molecule has 1 heterocycles. The van der Waals surface area contributed by atoms with E-state index in [1.807, 2.05) is 0 Å². The number of hydrogen-bond donors (Lipinski definition) is 1. The molecule has 0 radical (unpaired) electrons. The lowest BCUT2D eigenvalue weighted by atomic mass is 10.3. The number of benzene rings is 1. The summed E-state index contributed by atoms with van der Waals surface area (Å²) in [4.78, 5) is -0.557. The molecule has 1 N–H and O–H groups in total. The Bertz CT molecular complexity index is 672. The van der Waals surface area contributed by atoms with Crippen molar-refractivity contribution in [3.8, 4) is 0 Å². The highest BCUT2D eigenvalue weighted by atomic mass is 32.2. The number of halogens is 2. The van der Waals surface area contributed by atoms with Gasteiger partial charge < -0.3 is 0 Å². The van der Waals surface area contributed by atoms with Gasteiger partial charge in [-0.05, 0) is 24.6 Å². The minimum atomic E-state index is -3.97. The van der Waals surface area contributed by atoms with Crippen LogP contribution in [0.1, 0.15) is 6.42 Å². The summed E-state index contributed by atoms with van der Waals surface area (Å²) in [5.41, 5.74) is 0. The highest BCUT2D eigenvalue weighted by molar-refractivity contribution is 7.89. The molecule has 108 valence electrons. The van der Waals surface area contributed by atoms with Gasteiger partial charge in [-0.3, -0.25) is 4.68 Å². The van der Waals surface area contributed by atoms with Gasteiger partial charge in [0.25, 0.3) is 0 Å². The molecule has 20 heavy (non-hydrogen) atoms. The molecule has 0 atom stereocenters. The molecule has 0 aliphatic carbocycles. The van der Waals surface area contributed by atoms with Crippen LogP contribution in [-0.2, 0) is 16.6 Å². The van der Waals surface area contributed by atoms with E-state index in [-0.39, 0.29) is 6.54 Å². The number of nitrogens with zero attached hydrogens (tertiary/aromatic N) is 2. The largest absolute Gasteiger partial charge is 0.273 e. The smallest absolute Gasteiger partial charge is 0.243 e. The third kappa shape index (κ3) is 3.61. The van der Waals surface area contributed by atoms with Crippen LogP contribution in [0.2, 0.25) is 0 Å². The van der Waals surface area contributed by atoms with E-state index >= 15 is 0 Å². The van der Waals surface area contributed by atoms with Crippen molar-refractivity contribution in [2.24, 2.45) is 0 Å². The summed E-state index contributed by atoms with van der Waals surface area (Å²) >= 11 is 0. The number of aromatic nitrogens is 2. The Kier molecular flexibility index (Phi) is 4.46. The Morgan fingerprint density at radius 2 is 2.10 bits per heavy atom. The van der Waals surface area contributed by atoms with Crippen LogP contribution in [0, 0.1) is 11.6 Å². The molecule has 1 aromatic carbocycles. The van der Waals surface area contributed by atoms with Crippen LogP contribution < -0.4 is 4.72 Å².